The molecule has 1 saturated heterocycles. The van der Waals surface area contributed by atoms with Crippen molar-refractivity contribution in [1.82, 2.24) is 10.6 Å². The van der Waals surface area contributed by atoms with Gasteiger partial charge in [0, 0.05) is 13.2 Å². The van der Waals surface area contributed by atoms with Gasteiger partial charge in [-0.1, -0.05) is 43.7 Å². The molecule has 1 fully saturated rings. The van der Waals surface area contributed by atoms with Crippen molar-refractivity contribution >= 4 is 11.8 Å². The number of ether oxygens (including phenoxy) is 1. The molecule has 2 N–H and O–H groups in total. The second kappa shape index (κ2) is 10.1. The number of benzene rings is 1. The summed E-state index contributed by atoms with van der Waals surface area (Å²) in [5.74, 6) is -0.217. The third-order valence-corrected chi connectivity index (χ3v) is 4.23. The maximum Gasteiger partial charge on any atom is 0.242 e. The first-order chi connectivity index (χ1) is 11.7. The molecular formula is C19H28N2O3. The fourth-order valence-electron chi connectivity index (χ4n) is 2.94. The quantitative estimate of drug-likeness (QED) is 0.728. The van der Waals surface area contributed by atoms with Crippen molar-refractivity contribution in [2.24, 2.45) is 0 Å². The molecule has 5 nitrogen and oxygen atoms in total. The van der Waals surface area contributed by atoms with E-state index < -0.39 is 6.04 Å². The van der Waals surface area contributed by atoms with Crippen molar-refractivity contribution in [3.8, 4) is 0 Å². The number of hydrogen-bond acceptors (Lipinski definition) is 3. The Hall–Kier alpha value is -1.88. The Labute approximate surface area is 144 Å². The normalized spacial score (nSPS) is 18.1. The first-order valence-corrected chi connectivity index (χ1v) is 8.91. The number of carbonyl (C=O) groups is 2. The van der Waals surface area contributed by atoms with E-state index in [-0.39, 0.29) is 17.9 Å². The molecule has 5 heteroatoms. The third kappa shape index (κ3) is 6.32. The average Bonchev–Trinajstić information content (AvgIpc) is 3.08. The van der Waals surface area contributed by atoms with Crippen LogP contribution < -0.4 is 10.6 Å². The van der Waals surface area contributed by atoms with Crippen LogP contribution in [0.25, 0.3) is 0 Å². The van der Waals surface area contributed by atoms with E-state index in [4.69, 9.17) is 4.74 Å². The molecular weight excluding hydrogens is 304 g/mol. The maximum atomic E-state index is 12.3. The Morgan fingerprint density at radius 2 is 2.08 bits per heavy atom. The SMILES string of the molecule is CCC[C@H](NC(=O)Cc1ccccc1)C(=O)NCC[C@H]1CCCO1. The molecule has 1 aromatic rings. The Bertz CT molecular complexity index is 513. The van der Waals surface area contributed by atoms with Crippen molar-refractivity contribution < 1.29 is 14.3 Å². The lowest BCUT2D eigenvalue weighted by Gasteiger charge is -2.18. The molecule has 24 heavy (non-hydrogen) atoms. The summed E-state index contributed by atoms with van der Waals surface area (Å²) < 4.78 is 5.55. The van der Waals surface area contributed by atoms with Gasteiger partial charge in [-0.3, -0.25) is 9.59 Å². The van der Waals surface area contributed by atoms with Crippen molar-refractivity contribution in [2.45, 2.75) is 57.6 Å². The summed E-state index contributed by atoms with van der Waals surface area (Å²) in [6.07, 6.45) is 5.06. The molecule has 2 atom stereocenters. The van der Waals surface area contributed by atoms with E-state index in [0.29, 0.717) is 19.4 Å². The molecule has 0 saturated carbocycles. The Balaban J connectivity index is 1.76. The molecule has 2 amide bonds. The largest absolute Gasteiger partial charge is 0.378 e. The van der Waals surface area contributed by atoms with E-state index in [1.807, 2.05) is 37.3 Å². The predicted molar refractivity (Wildman–Crippen MR) is 93.6 cm³/mol. The monoisotopic (exact) mass is 332 g/mol. The summed E-state index contributed by atoms with van der Waals surface area (Å²) in [4.78, 5) is 24.5. The van der Waals surface area contributed by atoms with Gasteiger partial charge in [-0.15, -0.1) is 0 Å². The lowest BCUT2D eigenvalue weighted by atomic mass is 10.1. The van der Waals surface area contributed by atoms with Crippen LogP contribution in [0.1, 0.15) is 44.6 Å². The van der Waals surface area contributed by atoms with Gasteiger partial charge in [-0.25, -0.2) is 0 Å². The van der Waals surface area contributed by atoms with Crippen molar-refractivity contribution in [2.75, 3.05) is 13.2 Å². The molecule has 0 aliphatic carbocycles. The minimum Gasteiger partial charge on any atom is -0.378 e. The van der Waals surface area contributed by atoms with Crippen LogP contribution in [0.2, 0.25) is 0 Å². The molecule has 132 valence electrons. The second-order valence-electron chi connectivity index (χ2n) is 6.29. The summed E-state index contributed by atoms with van der Waals surface area (Å²) in [6.45, 7) is 3.43. The number of nitrogens with one attached hydrogen (secondary N) is 2. The predicted octanol–water partition coefficient (Wildman–Crippen LogP) is 2.20. The van der Waals surface area contributed by atoms with E-state index >= 15 is 0 Å². The molecule has 2 rings (SSSR count). The lowest BCUT2D eigenvalue weighted by Crippen LogP contribution is -2.47. The van der Waals surface area contributed by atoms with Crippen LogP contribution in [0, 0.1) is 0 Å². The van der Waals surface area contributed by atoms with Gasteiger partial charge in [-0.05, 0) is 31.2 Å². The number of hydrogen-bond donors (Lipinski definition) is 2. The van der Waals surface area contributed by atoms with E-state index in [1.165, 1.54) is 0 Å². The van der Waals surface area contributed by atoms with Crippen molar-refractivity contribution in [3.05, 3.63) is 35.9 Å². The Kier molecular flexibility index (Phi) is 7.75. The molecule has 0 unspecified atom stereocenters. The standard InChI is InChI=1S/C19H28N2O3/c1-2-7-17(19(23)20-12-11-16-10-6-13-24-16)21-18(22)14-15-8-4-3-5-9-15/h3-5,8-9,16-17H,2,6-7,10-14H2,1H3,(H,20,23)(H,21,22)/t16-,17+/m1/s1. The van der Waals surface area contributed by atoms with E-state index in [2.05, 4.69) is 10.6 Å². The highest BCUT2D eigenvalue weighted by atomic mass is 16.5. The summed E-state index contributed by atoms with van der Waals surface area (Å²) in [6, 6.07) is 9.10. The lowest BCUT2D eigenvalue weighted by molar-refractivity contribution is -0.128. The van der Waals surface area contributed by atoms with Gasteiger partial charge < -0.3 is 15.4 Å². The molecule has 0 aromatic heterocycles. The summed E-state index contributed by atoms with van der Waals surface area (Å²) in [7, 11) is 0. The fraction of sp³-hybridized carbons (Fsp3) is 0.579. The molecule has 1 aliphatic heterocycles. The van der Waals surface area contributed by atoms with Crippen LogP contribution in [0.15, 0.2) is 30.3 Å². The molecule has 1 aliphatic rings. The fourth-order valence-corrected chi connectivity index (χ4v) is 2.94. The molecule has 0 radical (unpaired) electrons. The van der Waals surface area contributed by atoms with Gasteiger partial charge in [0.25, 0.3) is 0 Å². The molecule has 0 spiro atoms. The smallest absolute Gasteiger partial charge is 0.242 e. The zero-order chi connectivity index (χ0) is 17.2. The van der Waals surface area contributed by atoms with Crippen molar-refractivity contribution in [1.29, 1.82) is 0 Å². The van der Waals surface area contributed by atoms with Gasteiger partial charge >= 0.3 is 0 Å². The molecule has 0 bridgehead atoms. The minimum absolute atomic E-state index is 0.101. The van der Waals surface area contributed by atoms with E-state index in [0.717, 1.165) is 37.9 Å². The summed E-state index contributed by atoms with van der Waals surface area (Å²) >= 11 is 0. The van der Waals surface area contributed by atoms with Crippen molar-refractivity contribution in [3.63, 3.8) is 0 Å². The van der Waals surface area contributed by atoms with Gasteiger partial charge in [0.1, 0.15) is 6.04 Å². The van der Waals surface area contributed by atoms with Crippen LogP contribution in [-0.4, -0.2) is 37.1 Å². The van der Waals surface area contributed by atoms with Crippen LogP contribution >= 0.6 is 0 Å². The van der Waals surface area contributed by atoms with Gasteiger partial charge in [0.05, 0.1) is 12.5 Å². The third-order valence-electron chi connectivity index (χ3n) is 4.23. The zero-order valence-electron chi connectivity index (χ0n) is 14.4. The summed E-state index contributed by atoms with van der Waals surface area (Å²) in [5, 5.41) is 5.79. The van der Waals surface area contributed by atoms with Gasteiger partial charge in [0.2, 0.25) is 11.8 Å². The van der Waals surface area contributed by atoms with E-state index in [9.17, 15) is 9.59 Å². The van der Waals surface area contributed by atoms with Crippen LogP contribution in [0.4, 0.5) is 0 Å². The first-order valence-electron chi connectivity index (χ1n) is 8.91. The Morgan fingerprint density at radius 3 is 2.75 bits per heavy atom. The topological polar surface area (TPSA) is 67.4 Å². The van der Waals surface area contributed by atoms with Gasteiger partial charge in [-0.2, -0.15) is 0 Å². The molecule has 1 aromatic carbocycles. The highest BCUT2D eigenvalue weighted by Gasteiger charge is 2.21. The maximum absolute atomic E-state index is 12.3. The number of amides is 2. The zero-order valence-corrected chi connectivity index (χ0v) is 14.4. The highest BCUT2D eigenvalue weighted by Crippen LogP contribution is 2.14. The number of rotatable bonds is 9. The number of carbonyl (C=O) groups excluding carboxylic acids is 2. The van der Waals surface area contributed by atoms with Crippen LogP contribution in [0.3, 0.4) is 0 Å². The Morgan fingerprint density at radius 1 is 1.29 bits per heavy atom. The minimum atomic E-state index is -0.462. The highest BCUT2D eigenvalue weighted by molar-refractivity contribution is 5.88. The van der Waals surface area contributed by atoms with Gasteiger partial charge in [0.15, 0.2) is 0 Å². The van der Waals surface area contributed by atoms with Crippen LogP contribution in [0.5, 0.6) is 0 Å². The summed E-state index contributed by atoms with van der Waals surface area (Å²) in [5.41, 5.74) is 0.948. The average molecular weight is 332 g/mol. The van der Waals surface area contributed by atoms with Crippen LogP contribution in [-0.2, 0) is 20.7 Å². The van der Waals surface area contributed by atoms with E-state index in [1.54, 1.807) is 0 Å². The second-order valence-corrected chi connectivity index (χ2v) is 6.29. The molecule has 1 heterocycles. The first kappa shape index (κ1) is 18.5.